The Balaban J connectivity index is 2.99. The number of halogens is 2. The third-order valence-corrected chi connectivity index (χ3v) is 3.27. The quantitative estimate of drug-likeness (QED) is 0.783. The summed E-state index contributed by atoms with van der Waals surface area (Å²) in [5.41, 5.74) is 5.72. The van der Waals surface area contributed by atoms with Gasteiger partial charge in [0.2, 0.25) is 0 Å². The zero-order valence-electron chi connectivity index (χ0n) is 7.15. The molecule has 14 heavy (non-hydrogen) atoms. The van der Waals surface area contributed by atoms with Gasteiger partial charge in [-0.1, -0.05) is 0 Å². The van der Waals surface area contributed by atoms with Crippen molar-refractivity contribution in [2.24, 2.45) is 0 Å². The molecule has 2 N–H and O–H groups in total. The Kier molecular flexibility index (Phi) is 3.05. The Hall–Kier alpha value is -1.17. The fourth-order valence-electron chi connectivity index (χ4n) is 0.937. The fraction of sp³-hybridized carbons (Fsp3) is 0.250. The predicted octanol–water partition coefficient (Wildman–Crippen LogP) is 1.31. The van der Waals surface area contributed by atoms with Crippen molar-refractivity contribution in [1.29, 1.82) is 0 Å². The molecule has 0 aliphatic heterocycles. The molecule has 0 heterocycles. The normalized spacial score (nSPS) is 11.9. The van der Waals surface area contributed by atoms with Crippen molar-refractivity contribution >= 4 is 15.5 Å². The molecule has 0 aliphatic carbocycles. The largest absolute Gasteiger partial charge is 0.399 e. The van der Waals surface area contributed by atoms with Crippen LogP contribution in [0.5, 0.6) is 0 Å². The van der Waals surface area contributed by atoms with Crippen molar-refractivity contribution in [2.75, 3.05) is 11.5 Å². The molecule has 1 aromatic rings. The summed E-state index contributed by atoms with van der Waals surface area (Å²) in [7, 11) is -3.88. The summed E-state index contributed by atoms with van der Waals surface area (Å²) in [6.45, 7) is 0. The molecule has 0 unspecified atom stereocenters. The number of rotatable bonds is 3. The molecule has 0 fully saturated rings. The molecule has 1 aromatic carbocycles. The highest BCUT2D eigenvalue weighted by molar-refractivity contribution is 7.91. The summed E-state index contributed by atoms with van der Waals surface area (Å²) in [5, 5.41) is 0. The van der Waals surface area contributed by atoms with Crippen LogP contribution in [0.1, 0.15) is 0 Å². The smallest absolute Gasteiger partial charge is 0.252 e. The lowest BCUT2D eigenvalue weighted by atomic mass is 10.3. The van der Waals surface area contributed by atoms with Gasteiger partial charge in [-0.25, -0.2) is 17.2 Å². The van der Waals surface area contributed by atoms with E-state index in [2.05, 4.69) is 0 Å². The highest BCUT2D eigenvalue weighted by Gasteiger charge is 2.19. The number of sulfone groups is 1. The van der Waals surface area contributed by atoms with E-state index in [1.165, 1.54) is 24.3 Å². The third kappa shape index (κ3) is 2.66. The van der Waals surface area contributed by atoms with Crippen LogP contribution < -0.4 is 5.73 Å². The number of nitrogens with two attached hydrogens (primary N) is 1. The summed E-state index contributed by atoms with van der Waals surface area (Å²) in [6.07, 6.45) is -2.86. The van der Waals surface area contributed by atoms with Crippen LogP contribution in [0.15, 0.2) is 29.2 Å². The average molecular weight is 221 g/mol. The molecule has 0 amide bonds. The standard InChI is InChI=1S/C8H9F2NO2S/c9-8(10)5-14(12,13)7-3-1-6(11)2-4-7/h1-4,8H,5,11H2. The number of nitrogen functional groups attached to an aromatic ring is 1. The van der Waals surface area contributed by atoms with Crippen LogP contribution in [0.4, 0.5) is 14.5 Å². The van der Waals surface area contributed by atoms with Gasteiger partial charge in [0.05, 0.1) is 4.90 Å². The minimum Gasteiger partial charge on any atom is -0.399 e. The summed E-state index contributed by atoms with van der Waals surface area (Å²) in [4.78, 5) is -0.132. The Labute approximate surface area is 80.5 Å². The lowest BCUT2D eigenvalue weighted by molar-refractivity contribution is 0.174. The van der Waals surface area contributed by atoms with Crippen LogP contribution in [0.3, 0.4) is 0 Å². The maximum atomic E-state index is 11.9. The Bertz CT molecular complexity index is 400. The highest BCUT2D eigenvalue weighted by Crippen LogP contribution is 2.15. The van der Waals surface area contributed by atoms with E-state index in [1.54, 1.807) is 0 Å². The molecule has 0 aliphatic rings. The van der Waals surface area contributed by atoms with E-state index in [0.717, 1.165) is 0 Å². The number of anilines is 1. The first-order valence-corrected chi connectivity index (χ1v) is 5.43. The van der Waals surface area contributed by atoms with Gasteiger partial charge in [-0.15, -0.1) is 0 Å². The molecule has 3 nitrogen and oxygen atoms in total. The van der Waals surface area contributed by atoms with Gasteiger partial charge >= 0.3 is 0 Å². The van der Waals surface area contributed by atoms with E-state index in [-0.39, 0.29) is 4.90 Å². The Morgan fingerprint density at radius 2 is 1.71 bits per heavy atom. The van der Waals surface area contributed by atoms with Crippen LogP contribution in [0.25, 0.3) is 0 Å². The molecule has 0 saturated heterocycles. The summed E-state index contributed by atoms with van der Waals surface area (Å²) >= 11 is 0. The van der Waals surface area contributed by atoms with Crippen molar-refractivity contribution in [3.63, 3.8) is 0 Å². The number of alkyl halides is 2. The lowest BCUT2D eigenvalue weighted by Gasteiger charge is -2.03. The number of hydrogen-bond acceptors (Lipinski definition) is 3. The van der Waals surface area contributed by atoms with Gasteiger partial charge in [-0.3, -0.25) is 0 Å². The Morgan fingerprint density at radius 3 is 2.14 bits per heavy atom. The van der Waals surface area contributed by atoms with E-state index in [0.29, 0.717) is 5.69 Å². The first kappa shape index (κ1) is 10.9. The Morgan fingerprint density at radius 1 is 1.21 bits per heavy atom. The van der Waals surface area contributed by atoms with E-state index in [4.69, 9.17) is 5.73 Å². The second kappa shape index (κ2) is 3.91. The molecule has 78 valence electrons. The van der Waals surface area contributed by atoms with Gasteiger partial charge in [0.1, 0.15) is 5.75 Å². The first-order valence-electron chi connectivity index (χ1n) is 3.78. The van der Waals surface area contributed by atoms with Gasteiger partial charge < -0.3 is 5.73 Å². The van der Waals surface area contributed by atoms with Gasteiger partial charge in [-0.2, -0.15) is 0 Å². The minimum absolute atomic E-state index is 0.132. The van der Waals surface area contributed by atoms with Crippen molar-refractivity contribution in [2.45, 2.75) is 11.3 Å². The van der Waals surface area contributed by atoms with Crippen molar-refractivity contribution in [3.05, 3.63) is 24.3 Å². The molecule has 0 aromatic heterocycles. The van der Waals surface area contributed by atoms with E-state index in [1.807, 2.05) is 0 Å². The fourth-order valence-corrected chi connectivity index (χ4v) is 2.01. The van der Waals surface area contributed by atoms with Crippen LogP contribution in [-0.2, 0) is 9.84 Å². The second-order valence-electron chi connectivity index (χ2n) is 2.74. The molecular weight excluding hydrogens is 212 g/mol. The van der Waals surface area contributed by atoms with Crippen LogP contribution in [-0.4, -0.2) is 20.6 Å². The number of hydrogen-bond donors (Lipinski definition) is 1. The molecule has 6 heteroatoms. The summed E-state index contributed by atoms with van der Waals surface area (Å²) < 4.78 is 46.2. The minimum atomic E-state index is -3.88. The third-order valence-electron chi connectivity index (χ3n) is 1.58. The molecular formula is C8H9F2NO2S. The maximum Gasteiger partial charge on any atom is 0.252 e. The second-order valence-corrected chi connectivity index (χ2v) is 4.78. The molecule has 0 atom stereocenters. The SMILES string of the molecule is Nc1ccc(S(=O)(=O)CC(F)F)cc1. The molecule has 1 rings (SSSR count). The predicted molar refractivity (Wildman–Crippen MR) is 48.9 cm³/mol. The molecule has 0 radical (unpaired) electrons. The van der Waals surface area contributed by atoms with Gasteiger partial charge in [-0.05, 0) is 24.3 Å². The van der Waals surface area contributed by atoms with Crippen molar-refractivity contribution in [1.82, 2.24) is 0 Å². The van der Waals surface area contributed by atoms with E-state index < -0.39 is 22.0 Å². The summed E-state index contributed by atoms with van der Waals surface area (Å²) in [5.74, 6) is -1.16. The number of benzene rings is 1. The van der Waals surface area contributed by atoms with Crippen molar-refractivity contribution in [3.8, 4) is 0 Å². The van der Waals surface area contributed by atoms with Crippen molar-refractivity contribution < 1.29 is 17.2 Å². The van der Waals surface area contributed by atoms with Crippen LogP contribution in [0, 0.1) is 0 Å². The van der Waals surface area contributed by atoms with Gasteiger partial charge in [0.15, 0.2) is 9.84 Å². The molecule has 0 spiro atoms. The summed E-state index contributed by atoms with van der Waals surface area (Å²) in [6, 6.07) is 5.15. The lowest BCUT2D eigenvalue weighted by Crippen LogP contribution is -2.13. The van der Waals surface area contributed by atoms with Gasteiger partial charge in [0.25, 0.3) is 6.43 Å². The monoisotopic (exact) mass is 221 g/mol. The van der Waals surface area contributed by atoms with Crippen LogP contribution >= 0.6 is 0 Å². The zero-order valence-corrected chi connectivity index (χ0v) is 7.97. The van der Waals surface area contributed by atoms with E-state index in [9.17, 15) is 17.2 Å². The zero-order chi connectivity index (χ0) is 10.8. The topological polar surface area (TPSA) is 60.2 Å². The molecule has 0 bridgehead atoms. The molecule has 0 saturated carbocycles. The average Bonchev–Trinajstić information content (AvgIpc) is 2.02. The van der Waals surface area contributed by atoms with E-state index >= 15 is 0 Å². The van der Waals surface area contributed by atoms with Crippen LogP contribution in [0.2, 0.25) is 0 Å². The maximum absolute atomic E-state index is 11.9. The van der Waals surface area contributed by atoms with Gasteiger partial charge in [0, 0.05) is 5.69 Å². The first-order chi connectivity index (χ1) is 6.42. The highest BCUT2D eigenvalue weighted by atomic mass is 32.2.